The summed E-state index contributed by atoms with van der Waals surface area (Å²) in [7, 11) is 0. The Hall–Kier alpha value is -2.32. The van der Waals surface area contributed by atoms with Crippen LogP contribution in [0.1, 0.15) is 5.56 Å². The largest absolute Gasteiger partial charge is 0.236 e. The Labute approximate surface area is 150 Å². The van der Waals surface area contributed by atoms with Crippen LogP contribution < -0.4 is 0 Å². The van der Waals surface area contributed by atoms with Crippen molar-refractivity contribution in [1.29, 1.82) is 0 Å². The van der Waals surface area contributed by atoms with Crippen LogP contribution in [0.5, 0.6) is 0 Å². The van der Waals surface area contributed by atoms with Gasteiger partial charge in [-0.1, -0.05) is 46.3 Å². The van der Waals surface area contributed by atoms with Crippen LogP contribution in [-0.4, -0.2) is 30.2 Å². The molecule has 0 amide bonds. The first kappa shape index (κ1) is 15.2. The molecule has 118 valence electrons. The van der Waals surface area contributed by atoms with Gasteiger partial charge in [-0.2, -0.15) is 0 Å². The molecule has 0 saturated carbocycles. The SMILES string of the molecule is Brc1ccc2ncnc(Sc3nnnn3Cc3ccccc3)c2c1. The molecule has 0 spiro atoms. The predicted molar refractivity (Wildman–Crippen MR) is 94.7 cm³/mol. The Balaban J connectivity index is 1.67. The summed E-state index contributed by atoms with van der Waals surface area (Å²) >= 11 is 4.93. The van der Waals surface area contributed by atoms with E-state index < -0.39 is 0 Å². The van der Waals surface area contributed by atoms with Crippen molar-refractivity contribution in [2.75, 3.05) is 0 Å². The normalized spacial score (nSPS) is 11.0. The number of rotatable bonds is 4. The second kappa shape index (κ2) is 6.66. The quantitative estimate of drug-likeness (QED) is 0.489. The zero-order valence-electron chi connectivity index (χ0n) is 12.4. The van der Waals surface area contributed by atoms with Gasteiger partial charge in [-0.25, -0.2) is 14.6 Å². The molecule has 0 bridgehead atoms. The van der Waals surface area contributed by atoms with Crippen LogP contribution in [-0.2, 0) is 6.54 Å². The first-order chi connectivity index (χ1) is 11.8. The van der Waals surface area contributed by atoms with E-state index in [-0.39, 0.29) is 0 Å². The van der Waals surface area contributed by atoms with Crippen molar-refractivity contribution in [2.24, 2.45) is 0 Å². The Morgan fingerprint density at radius 1 is 1.04 bits per heavy atom. The highest BCUT2D eigenvalue weighted by molar-refractivity contribution is 9.10. The van der Waals surface area contributed by atoms with Gasteiger partial charge in [0.1, 0.15) is 11.4 Å². The summed E-state index contributed by atoms with van der Waals surface area (Å²) < 4.78 is 2.75. The van der Waals surface area contributed by atoms with E-state index >= 15 is 0 Å². The summed E-state index contributed by atoms with van der Waals surface area (Å²) in [6, 6.07) is 16.0. The zero-order valence-corrected chi connectivity index (χ0v) is 14.8. The fourth-order valence-electron chi connectivity index (χ4n) is 2.30. The highest BCUT2D eigenvalue weighted by Crippen LogP contribution is 2.31. The molecule has 4 aromatic rings. The number of aromatic nitrogens is 6. The highest BCUT2D eigenvalue weighted by atomic mass is 79.9. The summed E-state index contributed by atoms with van der Waals surface area (Å²) in [6.45, 7) is 0.614. The van der Waals surface area contributed by atoms with Gasteiger partial charge in [0.15, 0.2) is 0 Å². The molecule has 0 atom stereocenters. The molecule has 8 heteroatoms. The number of hydrogen-bond acceptors (Lipinski definition) is 6. The van der Waals surface area contributed by atoms with Crippen LogP contribution in [0, 0.1) is 0 Å². The fourth-order valence-corrected chi connectivity index (χ4v) is 3.49. The molecule has 2 heterocycles. The van der Waals surface area contributed by atoms with Crippen molar-refractivity contribution < 1.29 is 0 Å². The lowest BCUT2D eigenvalue weighted by atomic mass is 10.2. The lowest BCUT2D eigenvalue weighted by Crippen LogP contribution is -2.03. The molecular formula is C16H11BrN6S. The molecule has 0 N–H and O–H groups in total. The van der Waals surface area contributed by atoms with Gasteiger partial charge in [0.25, 0.3) is 0 Å². The molecule has 2 aromatic heterocycles. The molecule has 0 saturated heterocycles. The number of tetrazole rings is 1. The molecule has 0 aliphatic heterocycles. The molecule has 24 heavy (non-hydrogen) atoms. The van der Waals surface area contributed by atoms with E-state index in [4.69, 9.17) is 0 Å². The van der Waals surface area contributed by atoms with Gasteiger partial charge in [0.2, 0.25) is 5.16 Å². The van der Waals surface area contributed by atoms with Crippen LogP contribution >= 0.6 is 27.7 Å². The van der Waals surface area contributed by atoms with Crippen molar-refractivity contribution in [3.8, 4) is 0 Å². The van der Waals surface area contributed by atoms with Crippen molar-refractivity contribution >= 4 is 38.6 Å². The summed E-state index contributed by atoms with van der Waals surface area (Å²) in [5.41, 5.74) is 2.03. The molecule has 6 nitrogen and oxygen atoms in total. The Bertz CT molecular complexity index is 988. The number of benzene rings is 2. The van der Waals surface area contributed by atoms with E-state index in [1.54, 1.807) is 11.0 Å². The maximum Gasteiger partial charge on any atom is 0.215 e. The second-order valence-corrected chi connectivity index (χ2v) is 6.92. The lowest BCUT2D eigenvalue weighted by Gasteiger charge is -2.06. The van der Waals surface area contributed by atoms with E-state index in [1.165, 1.54) is 11.8 Å². The monoisotopic (exact) mass is 398 g/mol. The number of hydrogen-bond donors (Lipinski definition) is 0. The van der Waals surface area contributed by atoms with Crippen molar-refractivity contribution in [2.45, 2.75) is 16.7 Å². The molecule has 0 unspecified atom stereocenters. The maximum atomic E-state index is 4.39. The van der Waals surface area contributed by atoms with Crippen LogP contribution in [0.25, 0.3) is 10.9 Å². The Kier molecular flexibility index (Phi) is 4.22. The van der Waals surface area contributed by atoms with Crippen molar-refractivity contribution in [3.05, 3.63) is 64.9 Å². The van der Waals surface area contributed by atoms with Gasteiger partial charge in [0.05, 0.1) is 12.1 Å². The summed E-state index contributed by atoms with van der Waals surface area (Å²) in [4.78, 5) is 8.69. The van der Waals surface area contributed by atoms with Gasteiger partial charge in [-0.05, 0) is 46.0 Å². The average Bonchev–Trinajstić information content (AvgIpc) is 3.03. The van der Waals surface area contributed by atoms with Crippen LogP contribution in [0.2, 0.25) is 0 Å². The molecule has 2 aromatic carbocycles. The first-order valence-electron chi connectivity index (χ1n) is 7.18. The second-order valence-electron chi connectivity index (χ2n) is 5.05. The van der Waals surface area contributed by atoms with E-state index in [2.05, 4.69) is 41.4 Å². The van der Waals surface area contributed by atoms with E-state index in [1.807, 2.05) is 48.5 Å². The van der Waals surface area contributed by atoms with Gasteiger partial charge in [0, 0.05) is 9.86 Å². The summed E-state index contributed by atoms with van der Waals surface area (Å²) in [5, 5.41) is 14.5. The minimum atomic E-state index is 0.614. The first-order valence-corrected chi connectivity index (χ1v) is 8.79. The third kappa shape index (κ3) is 3.15. The summed E-state index contributed by atoms with van der Waals surface area (Å²) in [5.74, 6) is 0. The topological polar surface area (TPSA) is 69.4 Å². The molecule has 0 aliphatic carbocycles. The molecule has 0 aliphatic rings. The van der Waals surface area contributed by atoms with Gasteiger partial charge in [-0.15, -0.1) is 5.10 Å². The van der Waals surface area contributed by atoms with E-state index in [0.29, 0.717) is 11.7 Å². The third-order valence-electron chi connectivity index (χ3n) is 3.42. The van der Waals surface area contributed by atoms with E-state index in [9.17, 15) is 0 Å². The Morgan fingerprint density at radius 2 is 1.92 bits per heavy atom. The minimum Gasteiger partial charge on any atom is -0.236 e. The van der Waals surface area contributed by atoms with Gasteiger partial charge >= 0.3 is 0 Å². The third-order valence-corrected chi connectivity index (χ3v) is 4.91. The van der Waals surface area contributed by atoms with Crippen LogP contribution in [0.15, 0.2) is 69.5 Å². The standard InChI is InChI=1S/C16H11BrN6S/c17-12-6-7-14-13(8-12)15(19-10-18-14)24-16-20-21-22-23(16)9-11-4-2-1-3-5-11/h1-8,10H,9H2. The van der Waals surface area contributed by atoms with Crippen LogP contribution in [0.4, 0.5) is 0 Å². The van der Waals surface area contributed by atoms with Gasteiger partial charge in [-0.3, -0.25) is 0 Å². The van der Waals surface area contributed by atoms with Gasteiger partial charge < -0.3 is 0 Å². The van der Waals surface area contributed by atoms with E-state index in [0.717, 1.165) is 26.0 Å². The average molecular weight is 399 g/mol. The lowest BCUT2D eigenvalue weighted by molar-refractivity contribution is 0.602. The minimum absolute atomic E-state index is 0.614. The molecule has 0 fully saturated rings. The van der Waals surface area contributed by atoms with Crippen LogP contribution in [0.3, 0.4) is 0 Å². The highest BCUT2D eigenvalue weighted by Gasteiger charge is 2.12. The molecular weight excluding hydrogens is 388 g/mol. The van der Waals surface area contributed by atoms with Crippen molar-refractivity contribution in [3.63, 3.8) is 0 Å². The smallest absolute Gasteiger partial charge is 0.215 e. The number of halogens is 1. The number of fused-ring (bicyclic) bond motifs is 1. The fraction of sp³-hybridized carbons (Fsp3) is 0.0625. The zero-order chi connectivity index (χ0) is 16.4. The molecule has 0 radical (unpaired) electrons. The number of nitrogens with zero attached hydrogens (tertiary/aromatic N) is 6. The Morgan fingerprint density at radius 3 is 2.79 bits per heavy atom. The van der Waals surface area contributed by atoms with Crippen molar-refractivity contribution in [1.82, 2.24) is 30.2 Å². The molecule has 4 rings (SSSR count). The maximum absolute atomic E-state index is 4.39. The predicted octanol–water partition coefficient (Wildman–Crippen LogP) is 3.58. The summed E-state index contributed by atoms with van der Waals surface area (Å²) in [6.07, 6.45) is 1.56.